The highest BCUT2D eigenvalue weighted by atomic mass is 32.2. The minimum Gasteiger partial charge on any atom is -0.371 e. The summed E-state index contributed by atoms with van der Waals surface area (Å²) in [6, 6.07) is -0.0679. The molecule has 0 saturated carbocycles. The van der Waals surface area contributed by atoms with Gasteiger partial charge in [0.05, 0.1) is 12.2 Å². The molecule has 7 heteroatoms. The Kier molecular flexibility index (Phi) is 5.25. The third kappa shape index (κ3) is 3.76. The highest BCUT2D eigenvalue weighted by molar-refractivity contribution is 8.00. The van der Waals surface area contributed by atoms with E-state index in [1.54, 1.807) is 0 Å². The SMILES string of the molecule is CCn1cc([C@H]2OCC[C@@H]2NC(=O)NCC2CCCS2)cn1. The molecule has 0 aromatic carbocycles. The normalized spacial score (nSPS) is 28.0. The summed E-state index contributed by atoms with van der Waals surface area (Å²) in [6.07, 6.45) is 7.05. The summed E-state index contributed by atoms with van der Waals surface area (Å²) in [4.78, 5) is 12.1. The fourth-order valence-electron chi connectivity index (χ4n) is 3.00. The van der Waals surface area contributed by atoms with Crippen LogP contribution in [0.5, 0.6) is 0 Å². The van der Waals surface area contributed by atoms with Crippen LogP contribution in [0.15, 0.2) is 12.4 Å². The van der Waals surface area contributed by atoms with Crippen molar-refractivity contribution >= 4 is 17.8 Å². The zero-order chi connectivity index (χ0) is 15.4. The van der Waals surface area contributed by atoms with Crippen LogP contribution < -0.4 is 10.6 Å². The number of urea groups is 1. The number of thioether (sulfide) groups is 1. The molecule has 2 saturated heterocycles. The van der Waals surface area contributed by atoms with Gasteiger partial charge in [-0.25, -0.2) is 4.79 Å². The quantitative estimate of drug-likeness (QED) is 0.868. The Morgan fingerprint density at radius 3 is 3.18 bits per heavy atom. The minimum atomic E-state index is -0.0908. The minimum absolute atomic E-state index is 0.0192. The Labute approximate surface area is 135 Å². The van der Waals surface area contributed by atoms with Crippen molar-refractivity contribution in [3.8, 4) is 0 Å². The predicted molar refractivity (Wildman–Crippen MR) is 87.0 cm³/mol. The fraction of sp³-hybridized carbons (Fsp3) is 0.733. The molecule has 0 radical (unpaired) electrons. The zero-order valence-corrected chi connectivity index (χ0v) is 13.8. The molecule has 0 aliphatic carbocycles. The Hall–Kier alpha value is -1.21. The van der Waals surface area contributed by atoms with Crippen LogP contribution in [0, 0.1) is 0 Å². The van der Waals surface area contributed by atoms with Crippen molar-refractivity contribution in [2.24, 2.45) is 0 Å². The van der Waals surface area contributed by atoms with Crippen LogP contribution in [0.2, 0.25) is 0 Å². The molecule has 6 nitrogen and oxygen atoms in total. The third-order valence-electron chi connectivity index (χ3n) is 4.23. The fourth-order valence-corrected chi connectivity index (χ4v) is 4.20. The van der Waals surface area contributed by atoms with Crippen molar-refractivity contribution in [3.05, 3.63) is 18.0 Å². The lowest BCUT2D eigenvalue weighted by molar-refractivity contribution is 0.0998. The highest BCUT2D eigenvalue weighted by Gasteiger charge is 2.32. The molecule has 22 heavy (non-hydrogen) atoms. The third-order valence-corrected chi connectivity index (χ3v) is 5.63. The maximum Gasteiger partial charge on any atom is 0.315 e. The Morgan fingerprint density at radius 1 is 1.55 bits per heavy atom. The Bertz CT molecular complexity index is 501. The number of rotatable bonds is 5. The monoisotopic (exact) mass is 324 g/mol. The summed E-state index contributed by atoms with van der Waals surface area (Å²) < 4.78 is 7.67. The smallest absolute Gasteiger partial charge is 0.315 e. The molecule has 2 amide bonds. The molecule has 2 fully saturated rings. The zero-order valence-electron chi connectivity index (χ0n) is 13.0. The van der Waals surface area contributed by atoms with E-state index in [0.717, 1.165) is 25.1 Å². The van der Waals surface area contributed by atoms with E-state index in [4.69, 9.17) is 4.74 Å². The van der Waals surface area contributed by atoms with Gasteiger partial charge in [-0.3, -0.25) is 4.68 Å². The number of nitrogens with one attached hydrogen (secondary N) is 2. The van der Waals surface area contributed by atoms with E-state index in [9.17, 15) is 4.79 Å². The molecule has 1 unspecified atom stereocenters. The maximum absolute atomic E-state index is 12.1. The Balaban J connectivity index is 1.50. The number of carbonyl (C=O) groups excluding carboxylic acids is 1. The molecule has 3 heterocycles. The maximum atomic E-state index is 12.1. The number of amides is 2. The molecule has 2 aliphatic rings. The molecule has 3 rings (SSSR count). The lowest BCUT2D eigenvalue weighted by atomic mass is 10.1. The van der Waals surface area contributed by atoms with Crippen molar-refractivity contribution in [2.75, 3.05) is 18.9 Å². The van der Waals surface area contributed by atoms with Crippen molar-refractivity contribution in [3.63, 3.8) is 0 Å². The molecule has 2 N–H and O–H groups in total. The molecule has 0 bridgehead atoms. The van der Waals surface area contributed by atoms with Crippen molar-refractivity contribution in [2.45, 2.75) is 50.1 Å². The van der Waals surface area contributed by atoms with Crippen molar-refractivity contribution < 1.29 is 9.53 Å². The van der Waals surface area contributed by atoms with E-state index >= 15 is 0 Å². The summed E-state index contributed by atoms with van der Waals surface area (Å²) in [6.45, 7) is 4.31. The van der Waals surface area contributed by atoms with Crippen LogP contribution >= 0.6 is 11.8 Å². The van der Waals surface area contributed by atoms with E-state index in [1.165, 1.54) is 18.6 Å². The average Bonchev–Trinajstić information content (AvgIpc) is 3.26. The van der Waals surface area contributed by atoms with E-state index in [1.807, 2.05) is 28.8 Å². The van der Waals surface area contributed by atoms with Gasteiger partial charge >= 0.3 is 6.03 Å². The number of ether oxygens (including phenoxy) is 1. The molecular weight excluding hydrogens is 300 g/mol. The number of aryl methyl sites for hydroxylation is 1. The number of aromatic nitrogens is 2. The van der Waals surface area contributed by atoms with Crippen LogP contribution in [0.3, 0.4) is 0 Å². The standard InChI is InChI=1S/C15H24N4O2S/c1-2-19-10-11(8-17-19)14-13(5-6-21-14)18-15(20)16-9-12-4-3-7-22-12/h8,10,12-14H,2-7,9H2,1H3,(H2,16,18,20)/t12?,13-,14+/m0/s1. The molecule has 3 atom stereocenters. The highest BCUT2D eigenvalue weighted by Crippen LogP contribution is 2.29. The lowest BCUT2D eigenvalue weighted by Gasteiger charge is -2.19. The molecule has 0 spiro atoms. The van der Waals surface area contributed by atoms with E-state index in [2.05, 4.69) is 22.7 Å². The predicted octanol–water partition coefficient (Wildman–Crippen LogP) is 1.93. The van der Waals surface area contributed by atoms with Gasteiger partial charge in [-0.2, -0.15) is 16.9 Å². The lowest BCUT2D eigenvalue weighted by Crippen LogP contribution is -2.44. The van der Waals surface area contributed by atoms with Gasteiger partial charge in [-0.05, 0) is 31.9 Å². The van der Waals surface area contributed by atoms with Gasteiger partial charge in [0.2, 0.25) is 0 Å². The molecule has 122 valence electrons. The van der Waals surface area contributed by atoms with E-state index in [-0.39, 0.29) is 18.2 Å². The van der Waals surface area contributed by atoms with E-state index in [0.29, 0.717) is 11.9 Å². The van der Waals surface area contributed by atoms with Crippen LogP contribution in [0.4, 0.5) is 4.79 Å². The summed E-state index contributed by atoms with van der Waals surface area (Å²) >= 11 is 1.95. The molecule has 1 aromatic rings. The van der Waals surface area contributed by atoms with Crippen LogP contribution in [0.25, 0.3) is 0 Å². The van der Waals surface area contributed by atoms with Gasteiger partial charge < -0.3 is 15.4 Å². The van der Waals surface area contributed by atoms with Crippen LogP contribution in [-0.2, 0) is 11.3 Å². The first kappa shape index (κ1) is 15.7. The van der Waals surface area contributed by atoms with E-state index < -0.39 is 0 Å². The van der Waals surface area contributed by atoms with Crippen LogP contribution in [-0.4, -0.2) is 46.0 Å². The summed E-state index contributed by atoms with van der Waals surface area (Å²) in [5, 5.41) is 10.9. The number of carbonyl (C=O) groups is 1. The number of hydrogen-bond donors (Lipinski definition) is 2. The van der Waals surface area contributed by atoms with Gasteiger partial charge in [0, 0.05) is 36.7 Å². The largest absolute Gasteiger partial charge is 0.371 e. The summed E-state index contributed by atoms with van der Waals surface area (Å²) in [5.41, 5.74) is 1.04. The summed E-state index contributed by atoms with van der Waals surface area (Å²) in [7, 11) is 0. The van der Waals surface area contributed by atoms with Gasteiger partial charge in [0.25, 0.3) is 0 Å². The number of nitrogens with zero attached hydrogens (tertiary/aromatic N) is 2. The second kappa shape index (κ2) is 7.37. The first-order chi connectivity index (χ1) is 10.8. The first-order valence-corrected chi connectivity index (χ1v) is 9.11. The van der Waals surface area contributed by atoms with Gasteiger partial charge in [-0.1, -0.05) is 0 Å². The number of hydrogen-bond acceptors (Lipinski definition) is 4. The van der Waals surface area contributed by atoms with Crippen molar-refractivity contribution in [1.82, 2.24) is 20.4 Å². The molecule has 1 aromatic heterocycles. The second-order valence-corrected chi connectivity index (χ2v) is 7.21. The topological polar surface area (TPSA) is 68.2 Å². The summed E-state index contributed by atoms with van der Waals surface area (Å²) in [5.74, 6) is 1.22. The van der Waals surface area contributed by atoms with Crippen LogP contribution in [0.1, 0.15) is 37.9 Å². The first-order valence-electron chi connectivity index (χ1n) is 8.06. The van der Waals surface area contributed by atoms with Gasteiger partial charge in [0.15, 0.2) is 0 Å². The average molecular weight is 324 g/mol. The van der Waals surface area contributed by atoms with Gasteiger partial charge in [-0.15, -0.1) is 0 Å². The molecular formula is C15H24N4O2S. The van der Waals surface area contributed by atoms with Crippen molar-refractivity contribution in [1.29, 1.82) is 0 Å². The Morgan fingerprint density at radius 2 is 2.45 bits per heavy atom. The molecule has 2 aliphatic heterocycles. The second-order valence-electron chi connectivity index (χ2n) is 5.81. The van der Waals surface area contributed by atoms with Gasteiger partial charge in [0.1, 0.15) is 6.10 Å².